The first kappa shape index (κ1) is 17.4. The smallest absolute Gasteiger partial charge is 0.246 e. The van der Waals surface area contributed by atoms with Crippen molar-refractivity contribution < 1.29 is 9.53 Å². The molecule has 2 aromatic carbocycles. The molecule has 2 N–H and O–H groups in total. The van der Waals surface area contributed by atoms with Crippen LogP contribution in [0, 0.1) is 0 Å². The molecule has 0 aromatic heterocycles. The molecule has 0 spiro atoms. The standard InChI is InChI=1S/C17H18Cl2N2O2/c1-3-23-16-7-5-4-6-14(16)20-11(2)17(22)21-15-10-12(18)8-9-13(15)19/h4-11,20H,3H2,1-2H3,(H,21,22)/t11-/m1/s1. The molecule has 4 nitrogen and oxygen atoms in total. The topological polar surface area (TPSA) is 50.4 Å². The maximum atomic E-state index is 12.3. The molecule has 23 heavy (non-hydrogen) atoms. The van der Waals surface area contributed by atoms with Crippen LogP contribution in [0.5, 0.6) is 5.75 Å². The number of anilines is 2. The number of para-hydroxylation sites is 2. The second kappa shape index (κ2) is 8.09. The molecule has 0 bridgehead atoms. The summed E-state index contributed by atoms with van der Waals surface area (Å²) in [6.07, 6.45) is 0. The monoisotopic (exact) mass is 352 g/mol. The number of amides is 1. The summed E-state index contributed by atoms with van der Waals surface area (Å²) in [6, 6.07) is 11.9. The van der Waals surface area contributed by atoms with Gasteiger partial charge in [0, 0.05) is 5.02 Å². The minimum Gasteiger partial charge on any atom is -0.492 e. The molecule has 0 aliphatic rings. The highest BCUT2D eigenvalue weighted by Gasteiger charge is 2.16. The number of hydrogen-bond acceptors (Lipinski definition) is 3. The molecule has 122 valence electrons. The lowest BCUT2D eigenvalue weighted by Crippen LogP contribution is -2.32. The summed E-state index contributed by atoms with van der Waals surface area (Å²) in [5, 5.41) is 6.84. The highest BCUT2D eigenvalue weighted by atomic mass is 35.5. The van der Waals surface area contributed by atoms with Crippen molar-refractivity contribution >= 4 is 40.5 Å². The minimum atomic E-state index is -0.480. The molecule has 0 heterocycles. The van der Waals surface area contributed by atoms with Gasteiger partial charge in [0.2, 0.25) is 5.91 Å². The van der Waals surface area contributed by atoms with E-state index in [0.29, 0.717) is 28.1 Å². The van der Waals surface area contributed by atoms with E-state index in [-0.39, 0.29) is 5.91 Å². The van der Waals surface area contributed by atoms with Gasteiger partial charge in [-0.3, -0.25) is 4.79 Å². The predicted octanol–water partition coefficient (Wildman–Crippen LogP) is 4.83. The van der Waals surface area contributed by atoms with E-state index in [4.69, 9.17) is 27.9 Å². The van der Waals surface area contributed by atoms with E-state index in [1.54, 1.807) is 25.1 Å². The summed E-state index contributed by atoms with van der Waals surface area (Å²) in [7, 11) is 0. The SMILES string of the molecule is CCOc1ccccc1N[C@H](C)C(=O)Nc1cc(Cl)ccc1Cl. The Morgan fingerprint density at radius 3 is 2.65 bits per heavy atom. The van der Waals surface area contributed by atoms with Gasteiger partial charge in [0.25, 0.3) is 0 Å². The Morgan fingerprint density at radius 1 is 1.17 bits per heavy atom. The van der Waals surface area contributed by atoms with E-state index in [1.807, 2.05) is 31.2 Å². The molecule has 1 atom stereocenters. The Labute approximate surface area is 145 Å². The molecule has 0 saturated heterocycles. The van der Waals surface area contributed by atoms with Gasteiger partial charge in [0.1, 0.15) is 11.8 Å². The van der Waals surface area contributed by atoms with Gasteiger partial charge in [0.05, 0.1) is 23.0 Å². The Bertz CT molecular complexity index is 692. The van der Waals surface area contributed by atoms with E-state index in [0.717, 1.165) is 5.69 Å². The molecule has 2 rings (SSSR count). The fraction of sp³-hybridized carbons (Fsp3) is 0.235. The minimum absolute atomic E-state index is 0.222. The van der Waals surface area contributed by atoms with Gasteiger partial charge in [-0.15, -0.1) is 0 Å². The summed E-state index contributed by atoms with van der Waals surface area (Å²) >= 11 is 12.0. The lowest BCUT2D eigenvalue weighted by Gasteiger charge is -2.18. The zero-order valence-corrected chi connectivity index (χ0v) is 14.4. The number of ether oxygens (including phenoxy) is 1. The Hall–Kier alpha value is -1.91. The third-order valence-electron chi connectivity index (χ3n) is 3.14. The van der Waals surface area contributed by atoms with Crippen LogP contribution in [-0.2, 0) is 4.79 Å². The lowest BCUT2D eigenvalue weighted by atomic mass is 10.2. The van der Waals surface area contributed by atoms with Crippen LogP contribution in [-0.4, -0.2) is 18.6 Å². The van der Waals surface area contributed by atoms with Crippen molar-refractivity contribution in [1.82, 2.24) is 0 Å². The number of carbonyl (C=O) groups excluding carboxylic acids is 1. The third kappa shape index (κ3) is 4.78. The quantitative estimate of drug-likeness (QED) is 0.782. The first-order valence-corrected chi connectivity index (χ1v) is 8.01. The molecule has 2 aromatic rings. The van der Waals surface area contributed by atoms with Gasteiger partial charge >= 0.3 is 0 Å². The molecule has 1 amide bonds. The van der Waals surface area contributed by atoms with Crippen LogP contribution in [0.4, 0.5) is 11.4 Å². The van der Waals surface area contributed by atoms with Gasteiger partial charge in [0.15, 0.2) is 0 Å². The molecule has 0 aliphatic carbocycles. The molecule has 0 saturated carbocycles. The maximum Gasteiger partial charge on any atom is 0.246 e. The average Bonchev–Trinajstić information content (AvgIpc) is 2.53. The Balaban J connectivity index is 2.07. The highest BCUT2D eigenvalue weighted by molar-refractivity contribution is 6.35. The number of halogens is 2. The summed E-state index contributed by atoms with van der Waals surface area (Å²) in [5.41, 5.74) is 1.24. The fourth-order valence-electron chi connectivity index (χ4n) is 2.00. The molecule has 0 aliphatic heterocycles. The van der Waals surface area contributed by atoms with Crippen LogP contribution in [0.15, 0.2) is 42.5 Å². The molecule has 0 fully saturated rings. The van der Waals surface area contributed by atoms with E-state index < -0.39 is 6.04 Å². The van der Waals surface area contributed by atoms with Crippen LogP contribution < -0.4 is 15.4 Å². The van der Waals surface area contributed by atoms with E-state index in [2.05, 4.69) is 10.6 Å². The maximum absolute atomic E-state index is 12.3. The first-order chi connectivity index (χ1) is 11.0. The zero-order valence-electron chi connectivity index (χ0n) is 12.9. The number of rotatable bonds is 6. The van der Waals surface area contributed by atoms with Crippen molar-refractivity contribution in [2.24, 2.45) is 0 Å². The zero-order chi connectivity index (χ0) is 16.8. The molecular weight excluding hydrogens is 335 g/mol. The second-order valence-electron chi connectivity index (χ2n) is 4.91. The predicted molar refractivity (Wildman–Crippen MR) is 95.8 cm³/mol. The average molecular weight is 353 g/mol. The highest BCUT2D eigenvalue weighted by Crippen LogP contribution is 2.27. The number of nitrogens with one attached hydrogen (secondary N) is 2. The van der Waals surface area contributed by atoms with E-state index in [1.165, 1.54) is 0 Å². The van der Waals surface area contributed by atoms with Crippen molar-refractivity contribution in [2.75, 3.05) is 17.2 Å². The third-order valence-corrected chi connectivity index (χ3v) is 3.70. The molecule has 0 unspecified atom stereocenters. The molecular formula is C17H18Cl2N2O2. The van der Waals surface area contributed by atoms with Gasteiger partial charge in [-0.25, -0.2) is 0 Å². The van der Waals surface area contributed by atoms with E-state index >= 15 is 0 Å². The van der Waals surface area contributed by atoms with Crippen LogP contribution in [0.3, 0.4) is 0 Å². The summed E-state index contributed by atoms with van der Waals surface area (Å²) < 4.78 is 5.54. The van der Waals surface area contributed by atoms with Crippen molar-refractivity contribution in [2.45, 2.75) is 19.9 Å². The fourth-order valence-corrected chi connectivity index (χ4v) is 2.34. The second-order valence-corrected chi connectivity index (χ2v) is 5.75. The van der Waals surface area contributed by atoms with Gasteiger partial charge in [-0.1, -0.05) is 35.3 Å². The van der Waals surface area contributed by atoms with Crippen LogP contribution in [0.2, 0.25) is 10.0 Å². The molecule has 6 heteroatoms. The van der Waals surface area contributed by atoms with E-state index in [9.17, 15) is 4.79 Å². The summed E-state index contributed by atoms with van der Waals surface area (Å²) in [6.45, 7) is 4.22. The van der Waals surface area contributed by atoms with Crippen molar-refractivity contribution in [3.63, 3.8) is 0 Å². The largest absolute Gasteiger partial charge is 0.492 e. The number of carbonyl (C=O) groups is 1. The number of benzene rings is 2. The van der Waals surface area contributed by atoms with Gasteiger partial charge < -0.3 is 15.4 Å². The Kier molecular flexibility index (Phi) is 6.13. The number of hydrogen-bond donors (Lipinski definition) is 2. The lowest BCUT2D eigenvalue weighted by molar-refractivity contribution is -0.116. The summed E-state index contributed by atoms with van der Waals surface area (Å²) in [5.74, 6) is 0.482. The molecule has 0 radical (unpaired) electrons. The van der Waals surface area contributed by atoms with Crippen LogP contribution in [0.25, 0.3) is 0 Å². The first-order valence-electron chi connectivity index (χ1n) is 7.25. The van der Waals surface area contributed by atoms with Crippen LogP contribution >= 0.6 is 23.2 Å². The van der Waals surface area contributed by atoms with Crippen molar-refractivity contribution in [3.8, 4) is 5.75 Å². The van der Waals surface area contributed by atoms with Crippen molar-refractivity contribution in [1.29, 1.82) is 0 Å². The Morgan fingerprint density at radius 2 is 1.91 bits per heavy atom. The normalized spacial score (nSPS) is 11.7. The summed E-state index contributed by atoms with van der Waals surface area (Å²) in [4.78, 5) is 12.3. The van der Waals surface area contributed by atoms with Gasteiger partial charge in [-0.05, 0) is 44.2 Å². The van der Waals surface area contributed by atoms with Gasteiger partial charge in [-0.2, -0.15) is 0 Å². The van der Waals surface area contributed by atoms with Crippen molar-refractivity contribution in [3.05, 3.63) is 52.5 Å². The van der Waals surface area contributed by atoms with Crippen LogP contribution in [0.1, 0.15) is 13.8 Å².